The maximum Gasteiger partial charge on any atom is 0.282 e. The molecule has 0 N–H and O–H groups in total. The van der Waals surface area contributed by atoms with Crippen LogP contribution < -0.4 is 5.56 Å². The van der Waals surface area contributed by atoms with E-state index in [4.69, 9.17) is 11.6 Å². The largest absolute Gasteiger partial charge is 0.296 e. The first-order chi connectivity index (χ1) is 12.9. The molecule has 0 spiro atoms. The van der Waals surface area contributed by atoms with Crippen molar-refractivity contribution in [2.75, 3.05) is 0 Å². The first-order valence-electron chi connectivity index (χ1n) is 9.76. The summed E-state index contributed by atoms with van der Waals surface area (Å²) in [4.78, 5) is 17.2. The molecule has 4 rings (SSSR count). The monoisotopic (exact) mass is 380 g/mol. The molecule has 0 amide bonds. The van der Waals surface area contributed by atoms with Crippen LogP contribution in [0.3, 0.4) is 0 Å². The summed E-state index contributed by atoms with van der Waals surface area (Å²) in [5.74, 6) is 1.34. The second-order valence-electron chi connectivity index (χ2n) is 8.01. The third-order valence-electron chi connectivity index (χ3n) is 5.96. The minimum absolute atomic E-state index is 0.250. The highest BCUT2D eigenvalue weighted by atomic mass is 35.5. The highest BCUT2D eigenvalue weighted by Gasteiger charge is 2.38. The van der Waals surface area contributed by atoms with Gasteiger partial charge < -0.3 is 0 Å². The van der Waals surface area contributed by atoms with Crippen LogP contribution in [0, 0.1) is 0 Å². The Balaban J connectivity index is 2.06. The van der Waals surface area contributed by atoms with E-state index in [9.17, 15) is 4.79 Å². The van der Waals surface area contributed by atoms with Gasteiger partial charge in [0, 0.05) is 0 Å². The Bertz CT molecular complexity index is 1100. The van der Waals surface area contributed by atoms with E-state index in [2.05, 4.69) is 55.4 Å². The van der Waals surface area contributed by atoms with E-state index in [1.165, 1.54) is 24.0 Å². The molecule has 1 aliphatic rings. The minimum Gasteiger partial charge on any atom is -0.296 e. The molecule has 0 radical (unpaired) electrons. The fraction of sp³-hybridized carbons (Fsp3) is 0.391. The molecule has 0 aliphatic carbocycles. The molecule has 140 valence electrons. The highest BCUT2D eigenvalue weighted by Crippen LogP contribution is 2.44. The van der Waals surface area contributed by atoms with E-state index in [1.54, 1.807) is 6.07 Å². The molecule has 27 heavy (non-hydrogen) atoms. The molecule has 0 saturated carbocycles. The normalized spacial score (nSPS) is 15.6. The van der Waals surface area contributed by atoms with Gasteiger partial charge in [-0.25, -0.2) is 0 Å². The standard InChI is InChI=1S/C23H25ClN2O/c1-5-8-14(6-2)15-11-12-16-19(13-15)26-18-10-7-9-17(24)20(18)21(27)25-22(26)23(16,3)4/h7,9-14H,5-6,8H2,1-4H3. The Morgan fingerprint density at radius 1 is 1.19 bits per heavy atom. The molecule has 2 aromatic carbocycles. The summed E-state index contributed by atoms with van der Waals surface area (Å²) in [7, 11) is 0. The fourth-order valence-electron chi connectivity index (χ4n) is 4.48. The maximum atomic E-state index is 12.7. The molecule has 1 atom stereocenters. The Kier molecular flexibility index (Phi) is 4.38. The van der Waals surface area contributed by atoms with Crippen LogP contribution in [0.25, 0.3) is 16.6 Å². The molecule has 0 fully saturated rings. The van der Waals surface area contributed by atoms with E-state index < -0.39 is 0 Å². The first kappa shape index (κ1) is 18.2. The van der Waals surface area contributed by atoms with Gasteiger partial charge >= 0.3 is 0 Å². The predicted molar refractivity (Wildman–Crippen MR) is 112 cm³/mol. The van der Waals surface area contributed by atoms with Crippen LogP contribution in [-0.4, -0.2) is 9.55 Å². The molecule has 2 heterocycles. The molecule has 0 saturated heterocycles. The molecule has 0 bridgehead atoms. The number of fused-ring (bicyclic) bond motifs is 5. The lowest BCUT2D eigenvalue weighted by molar-refractivity contribution is 0.594. The molecule has 3 nitrogen and oxygen atoms in total. The molecule has 4 heteroatoms. The predicted octanol–water partition coefficient (Wildman–Crippen LogP) is 5.97. The summed E-state index contributed by atoms with van der Waals surface area (Å²) in [5.41, 5.74) is 3.95. The Labute approximate surface area is 165 Å². The van der Waals surface area contributed by atoms with E-state index in [1.807, 2.05) is 12.1 Å². The molecular weight excluding hydrogens is 356 g/mol. The number of nitrogens with zero attached hydrogens (tertiary/aromatic N) is 2. The maximum absolute atomic E-state index is 12.7. The molecule has 1 aromatic heterocycles. The summed E-state index contributed by atoms with van der Waals surface area (Å²) in [6.07, 6.45) is 3.48. The van der Waals surface area contributed by atoms with Gasteiger partial charge in [-0.15, -0.1) is 0 Å². The first-order valence-corrected chi connectivity index (χ1v) is 10.1. The third-order valence-corrected chi connectivity index (χ3v) is 6.28. The van der Waals surface area contributed by atoms with Crippen LogP contribution in [0.1, 0.15) is 69.8 Å². The zero-order chi connectivity index (χ0) is 19.3. The summed E-state index contributed by atoms with van der Waals surface area (Å²) in [5, 5.41) is 0.956. The number of hydrogen-bond acceptors (Lipinski definition) is 2. The van der Waals surface area contributed by atoms with Crippen molar-refractivity contribution in [2.24, 2.45) is 0 Å². The summed E-state index contributed by atoms with van der Waals surface area (Å²) in [6.45, 7) is 8.75. The van der Waals surface area contributed by atoms with Crippen LogP contribution in [-0.2, 0) is 5.41 Å². The van der Waals surface area contributed by atoms with E-state index in [0.717, 1.165) is 23.4 Å². The average molecular weight is 381 g/mol. The smallest absolute Gasteiger partial charge is 0.282 e. The van der Waals surface area contributed by atoms with Crippen molar-refractivity contribution in [3.05, 3.63) is 68.7 Å². The van der Waals surface area contributed by atoms with Crippen molar-refractivity contribution >= 4 is 22.5 Å². The quantitative estimate of drug-likeness (QED) is 0.558. The number of hydrogen-bond donors (Lipinski definition) is 0. The van der Waals surface area contributed by atoms with E-state index in [-0.39, 0.29) is 11.0 Å². The van der Waals surface area contributed by atoms with E-state index >= 15 is 0 Å². The Morgan fingerprint density at radius 3 is 2.67 bits per heavy atom. The Morgan fingerprint density at radius 2 is 1.96 bits per heavy atom. The Hall–Kier alpha value is -2.13. The van der Waals surface area contributed by atoms with Crippen LogP contribution in [0.15, 0.2) is 41.2 Å². The van der Waals surface area contributed by atoms with Gasteiger partial charge in [-0.2, -0.15) is 4.98 Å². The van der Waals surface area contributed by atoms with Crippen molar-refractivity contribution in [1.82, 2.24) is 9.55 Å². The van der Waals surface area contributed by atoms with E-state index in [0.29, 0.717) is 16.3 Å². The lowest BCUT2D eigenvalue weighted by Gasteiger charge is -2.19. The zero-order valence-electron chi connectivity index (χ0n) is 16.3. The van der Waals surface area contributed by atoms with Crippen LogP contribution in [0.2, 0.25) is 5.02 Å². The fourth-order valence-corrected chi connectivity index (χ4v) is 4.73. The molecule has 3 aromatic rings. The number of benzene rings is 2. The summed E-state index contributed by atoms with van der Waals surface area (Å²) < 4.78 is 2.14. The summed E-state index contributed by atoms with van der Waals surface area (Å²) >= 11 is 6.35. The zero-order valence-corrected chi connectivity index (χ0v) is 17.1. The number of aromatic nitrogens is 2. The minimum atomic E-state index is -0.323. The van der Waals surface area contributed by atoms with Gasteiger partial charge in [0.25, 0.3) is 5.56 Å². The van der Waals surface area contributed by atoms with Crippen molar-refractivity contribution in [3.8, 4) is 5.69 Å². The van der Waals surface area contributed by atoms with Gasteiger partial charge in [-0.3, -0.25) is 9.36 Å². The highest BCUT2D eigenvalue weighted by molar-refractivity contribution is 6.35. The second-order valence-corrected chi connectivity index (χ2v) is 8.41. The van der Waals surface area contributed by atoms with Crippen LogP contribution in [0.5, 0.6) is 0 Å². The van der Waals surface area contributed by atoms with Gasteiger partial charge in [0.15, 0.2) is 0 Å². The van der Waals surface area contributed by atoms with Gasteiger partial charge in [0.1, 0.15) is 5.82 Å². The molecule has 1 unspecified atom stereocenters. The summed E-state index contributed by atoms with van der Waals surface area (Å²) in [6, 6.07) is 12.4. The van der Waals surface area contributed by atoms with Gasteiger partial charge in [0.05, 0.1) is 27.0 Å². The van der Waals surface area contributed by atoms with Crippen molar-refractivity contribution in [2.45, 2.75) is 58.3 Å². The van der Waals surface area contributed by atoms with Gasteiger partial charge in [-0.05, 0) is 61.9 Å². The SMILES string of the molecule is CCCC(CC)c1ccc2c(c1)-n1c(nc(=O)c3c(Cl)cccc31)C2(C)C. The van der Waals surface area contributed by atoms with Crippen molar-refractivity contribution in [3.63, 3.8) is 0 Å². The van der Waals surface area contributed by atoms with Crippen molar-refractivity contribution in [1.29, 1.82) is 0 Å². The average Bonchev–Trinajstić information content (AvgIpc) is 2.87. The second kappa shape index (κ2) is 6.49. The molecule has 1 aliphatic heterocycles. The van der Waals surface area contributed by atoms with Crippen LogP contribution in [0.4, 0.5) is 0 Å². The van der Waals surface area contributed by atoms with Gasteiger partial charge in [0.2, 0.25) is 0 Å². The van der Waals surface area contributed by atoms with Crippen LogP contribution >= 0.6 is 11.6 Å². The van der Waals surface area contributed by atoms with Crippen molar-refractivity contribution < 1.29 is 0 Å². The van der Waals surface area contributed by atoms with Gasteiger partial charge in [-0.1, -0.05) is 50.1 Å². The number of rotatable bonds is 4. The third kappa shape index (κ3) is 2.63. The number of halogens is 1. The lowest BCUT2D eigenvalue weighted by Crippen LogP contribution is -2.24. The topological polar surface area (TPSA) is 34.9 Å². The lowest BCUT2D eigenvalue weighted by atomic mass is 9.83. The molecular formula is C23H25ClN2O.